The Morgan fingerprint density at radius 2 is 1.83 bits per heavy atom. The van der Waals surface area contributed by atoms with E-state index < -0.39 is 27.7 Å². The molecule has 1 aliphatic heterocycles. The van der Waals surface area contributed by atoms with Crippen LogP contribution in [0.2, 0.25) is 0 Å². The molecule has 2 aromatic carbocycles. The number of hydrogen-bond acceptors (Lipinski definition) is 3. The Hall–Kier alpha value is -1.80. The minimum Gasteiger partial charge on any atom is -0.326 e. The highest BCUT2D eigenvalue weighted by atomic mass is 35.7. The molecule has 9 heteroatoms. The third kappa shape index (κ3) is 2.76. The van der Waals surface area contributed by atoms with Crippen molar-refractivity contribution in [3.63, 3.8) is 0 Å². The maximum absolute atomic E-state index is 12.6. The van der Waals surface area contributed by atoms with Gasteiger partial charge in [0.2, 0.25) is 0 Å². The molecular formula is C14H9ClF3NO3S. The second kappa shape index (κ2) is 5.10. The zero-order valence-electron chi connectivity index (χ0n) is 11.4. The lowest BCUT2D eigenvalue weighted by Crippen LogP contribution is -2.37. The van der Waals surface area contributed by atoms with E-state index in [0.29, 0.717) is 21.2 Å². The fourth-order valence-electron chi connectivity index (χ4n) is 2.78. The van der Waals surface area contributed by atoms with Gasteiger partial charge < -0.3 is 4.90 Å². The number of fused-ring (bicyclic) bond motifs is 2. The number of halogens is 4. The van der Waals surface area contributed by atoms with Crippen molar-refractivity contribution in [3.8, 4) is 0 Å². The number of nitrogens with zero attached hydrogens (tertiary/aromatic N) is 1. The van der Waals surface area contributed by atoms with Gasteiger partial charge in [-0.15, -0.1) is 0 Å². The summed E-state index contributed by atoms with van der Waals surface area (Å²) in [6, 6.07) is 8.02. The van der Waals surface area contributed by atoms with Crippen molar-refractivity contribution in [2.45, 2.75) is 24.2 Å². The number of amides is 1. The summed E-state index contributed by atoms with van der Waals surface area (Å²) in [6.07, 6.45) is -5.01. The largest absolute Gasteiger partial charge is 0.471 e. The molecule has 0 aliphatic carbocycles. The molecule has 3 rings (SSSR count). The van der Waals surface area contributed by atoms with E-state index in [9.17, 15) is 26.4 Å². The van der Waals surface area contributed by atoms with Crippen LogP contribution in [0.1, 0.15) is 11.1 Å². The summed E-state index contributed by atoms with van der Waals surface area (Å²) in [4.78, 5) is 11.7. The molecule has 0 atom stereocenters. The molecule has 1 amide bonds. The van der Waals surface area contributed by atoms with Crippen molar-refractivity contribution in [2.75, 3.05) is 0 Å². The minimum atomic E-state index is -5.01. The van der Waals surface area contributed by atoms with Crippen LogP contribution in [0.25, 0.3) is 10.8 Å². The lowest BCUT2D eigenvalue weighted by molar-refractivity contribution is -0.186. The van der Waals surface area contributed by atoms with E-state index in [1.54, 1.807) is 24.3 Å². The van der Waals surface area contributed by atoms with E-state index in [1.807, 2.05) is 0 Å². The molecule has 0 radical (unpaired) electrons. The van der Waals surface area contributed by atoms with Crippen LogP contribution >= 0.6 is 10.7 Å². The molecule has 0 saturated carbocycles. The van der Waals surface area contributed by atoms with Gasteiger partial charge in [-0.2, -0.15) is 13.2 Å². The van der Waals surface area contributed by atoms with Crippen LogP contribution in [0.5, 0.6) is 0 Å². The smallest absolute Gasteiger partial charge is 0.326 e. The molecule has 1 aliphatic rings. The molecule has 0 fully saturated rings. The van der Waals surface area contributed by atoms with Gasteiger partial charge in [0.1, 0.15) is 0 Å². The Balaban J connectivity index is 2.20. The average Bonchev–Trinajstić information content (AvgIpc) is 2.84. The van der Waals surface area contributed by atoms with Crippen molar-refractivity contribution in [1.82, 2.24) is 4.90 Å². The Bertz CT molecular complexity index is 925. The highest BCUT2D eigenvalue weighted by Gasteiger charge is 2.45. The van der Waals surface area contributed by atoms with Crippen LogP contribution in [0.4, 0.5) is 13.2 Å². The zero-order valence-corrected chi connectivity index (χ0v) is 13.0. The molecular weight excluding hydrogens is 355 g/mol. The molecule has 122 valence electrons. The van der Waals surface area contributed by atoms with Crippen molar-refractivity contribution in [1.29, 1.82) is 0 Å². The van der Waals surface area contributed by atoms with E-state index in [-0.39, 0.29) is 17.0 Å². The molecule has 0 bridgehead atoms. The van der Waals surface area contributed by atoms with Gasteiger partial charge in [-0.3, -0.25) is 4.79 Å². The van der Waals surface area contributed by atoms with E-state index in [2.05, 4.69) is 0 Å². The second-order valence-electron chi connectivity index (χ2n) is 5.16. The standard InChI is InChI=1S/C14H9ClF3NO3S/c15-23(21,22)12-10-4-2-1-3-8(10)5-9-6-19(7-11(9)12)13(20)14(16,17)18/h1-5H,6-7H2. The zero-order chi connectivity index (χ0) is 17.0. The van der Waals surface area contributed by atoms with Gasteiger partial charge in [-0.25, -0.2) is 8.42 Å². The summed E-state index contributed by atoms with van der Waals surface area (Å²) in [6.45, 7) is -0.752. The molecule has 23 heavy (non-hydrogen) atoms. The third-order valence-corrected chi connectivity index (χ3v) is 5.10. The number of alkyl halides is 3. The van der Waals surface area contributed by atoms with Gasteiger partial charge in [0.15, 0.2) is 0 Å². The predicted octanol–water partition coefficient (Wildman–Crippen LogP) is 3.17. The normalized spacial score (nSPS) is 15.0. The first-order chi connectivity index (χ1) is 10.6. The summed E-state index contributed by atoms with van der Waals surface area (Å²) in [7, 11) is 1.30. The minimum absolute atomic E-state index is 0.135. The predicted molar refractivity (Wildman–Crippen MR) is 77.3 cm³/mol. The van der Waals surface area contributed by atoms with Gasteiger partial charge in [-0.1, -0.05) is 24.3 Å². The first-order valence-corrected chi connectivity index (χ1v) is 8.74. The van der Waals surface area contributed by atoms with E-state index in [0.717, 1.165) is 0 Å². The van der Waals surface area contributed by atoms with Crippen LogP contribution in [-0.2, 0) is 26.9 Å². The summed E-state index contributed by atoms with van der Waals surface area (Å²) >= 11 is 0. The number of hydrogen-bond donors (Lipinski definition) is 0. The first kappa shape index (κ1) is 16.1. The van der Waals surface area contributed by atoms with Gasteiger partial charge in [-0.05, 0) is 22.6 Å². The molecule has 2 aromatic rings. The molecule has 4 nitrogen and oxygen atoms in total. The molecule has 0 N–H and O–H groups in total. The molecule has 0 unspecified atom stereocenters. The molecule has 1 heterocycles. The summed E-state index contributed by atoms with van der Waals surface area (Å²) < 4.78 is 61.6. The van der Waals surface area contributed by atoms with Gasteiger partial charge in [0, 0.05) is 29.2 Å². The number of carbonyl (C=O) groups excluding carboxylic acids is 1. The number of carbonyl (C=O) groups is 1. The maximum Gasteiger partial charge on any atom is 0.471 e. The van der Waals surface area contributed by atoms with E-state index in [4.69, 9.17) is 10.7 Å². The summed E-state index contributed by atoms with van der Waals surface area (Å²) in [5.41, 5.74) is 0.483. The Morgan fingerprint density at radius 3 is 2.43 bits per heavy atom. The van der Waals surface area contributed by atoms with E-state index >= 15 is 0 Å². The molecule has 0 spiro atoms. The summed E-state index contributed by atoms with van der Waals surface area (Å²) in [5.74, 6) is -2.00. The molecule has 0 saturated heterocycles. The quantitative estimate of drug-likeness (QED) is 0.731. The van der Waals surface area contributed by atoms with Crippen LogP contribution in [-0.4, -0.2) is 25.4 Å². The lowest BCUT2D eigenvalue weighted by atomic mass is 10.0. The fourth-order valence-corrected chi connectivity index (χ4v) is 4.25. The summed E-state index contributed by atoms with van der Waals surface area (Å²) in [5, 5.41) is 0.856. The van der Waals surface area contributed by atoms with Gasteiger partial charge in [0.25, 0.3) is 9.05 Å². The highest BCUT2D eigenvalue weighted by molar-refractivity contribution is 8.14. The van der Waals surface area contributed by atoms with E-state index in [1.165, 1.54) is 6.07 Å². The monoisotopic (exact) mass is 363 g/mol. The SMILES string of the molecule is O=C(N1Cc2cc3ccccc3c(S(=O)(=O)Cl)c2C1)C(F)(F)F. The van der Waals surface area contributed by atoms with Crippen molar-refractivity contribution >= 4 is 36.4 Å². The average molecular weight is 364 g/mol. The Kier molecular flexibility index (Phi) is 3.57. The van der Waals surface area contributed by atoms with Crippen molar-refractivity contribution < 1.29 is 26.4 Å². The van der Waals surface area contributed by atoms with Crippen LogP contribution < -0.4 is 0 Å². The lowest BCUT2D eigenvalue weighted by Gasteiger charge is -2.17. The number of benzene rings is 2. The van der Waals surface area contributed by atoms with Crippen LogP contribution in [0, 0.1) is 0 Å². The fraction of sp³-hybridized carbons (Fsp3) is 0.214. The van der Waals surface area contributed by atoms with Crippen molar-refractivity contribution in [2.24, 2.45) is 0 Å². The Morgan fingerprint density at radius 1 is 1.17 bits per heavy atom. The first-order valence-electron chi connectivity index (χ1n) is 6.43. The van der Waals surface area contributed by atoms with Gasteiger partial charge >= 0.3 is 12.1 Å². The maximum atomic E-state index is 12.6. The highest BCUT2D eigenvalue weighted by Crippen LogP contribution is 2.38. The van der Waals surface area contributed by atoms with Gasteiger partial charge in [0.05, 0.1) is 4.90 Å². The van der Waals surface area contributed by atoms with Crippen LogP contribution in [0.3, 0.4) is 0 Å². The Labute approximate surface area is 133 Å². The number of rotatable bonds is 1. The van der Waals surface area contributed by atoms with Crippen molar-refractivity contribution in [3.05, 3.63) is 41.5 Å². The molecule has 0 aromatic heterocycles. The van der Waals surface area contributed by atoms with Crippen LogP contribution in [0.15, 0.2) is 35.2 Å². The third-order valence-electron chi connectivity index (χ3n) is 3.68. The second-order valence-corrected chi connectivity index (χ2v) is 7.66. The topological polar surface area (TPSA) is 54.5 Å².